The van der Waals surface area contributed by atoms with Crippen molar-refractivity contribution in [2.45, 2.75) is 6.42 Å². The minimum Gasteiger partial charge on any atom is -0.490 e. The Labute approximate surface area is 104 Å². The molecule has 0 radical (unpaired) electrons. The Bertz CT molecular complexity index is 577. The monoisotopic (exact) mass is 244 g/mol. The quantitative estimate of drug-likeness (QED) is 0.821. The first-order chi connectivity index (χ1) is 8.88. The van der Waals surface area contributed by atoms with Gasteiger partial charge in [0.25, 0.3) is 0 Å². The van der Waals surface area contributed by atoms with Crippen LogP contribution >= 0.6 is 0 Å². The molecule has 5 heteroatoms. The van der Waals surface area contributed by atoms with E-state index in [9.17, 15) is 4.79 Å². The van der Waals surface area contributed by atoms with Crippen LogP contribution in [-0.4, -0.2) is 29.5 Å². The van der Waals surface area contributed by atoms with Crippen molar-refractivity contribution in [2.24, 2.45) is 0 Å². The molecule has 0 amide bonds. The van der Waals surface area contributed by atoms with Gasteiger partial charge >= 0.3 is 0 Å². The molecule has 0 aliphatic carbocycles. The number of fused-ring (bicyclic) bond motifs is 1. The summed E-state index contributed by atoms with van der Waals surface area (Å²) in [5.41, 5.74) is 1.92. The Morgan fingerprint density at radius 2 is 2.06 bits per heavy atom. The summed E-state index contributed by atoms with van der Waals surface area (Å²) in [6.07, 6.45) is 3.12. The van der Waals surface area contributed by atoms with Crippen LogP contribution in [0.2, 0.25) is 0 Å². The molecule has 1 aromatic carbocycles. The standard InChI is InChI=1S/C13H12N2O3/c16-7-10-13(15-8-14-10)9-2-3-11-12(6-9)18-5-1-4-17-11/h2-3,6-8H,1,4-5H2,(H,14,15). The molecule has 1 aromatic heterocycles. The van der Waals surface area contributed by atoms with Gasteiger partial charge < -0.3 is 14.5 Å². The van der Waals surface area contributed by atoms with Crippen LogP contribution in [0.3, 0.4) is 0 Å². The molecule has 1 N–H and O–H groups in total. The van der Waals surface area contributed by atoms with E-state index in [2.05, 4.69) is 9.97 Å². The fraction of sp³-hybridized carbons (Fsp3) is 0.231. The second-order valence-corrected chi connectivity index (χ2v) is 3.99. The van der Waals surface area contributed by atoms with Crippen molar-refractivity contribution in [3.05, 3.63) is 30.2 Å². The summed E-state index contributed by atoms with van der Waals surface area (Å²) < 4.78 is 11.2. The number of H-pyrrole nitrogens is 1. The van der Waals surface area contributed by atoms with Gasteiger partial charge in [-0.1, -0.05) is 0 Å². The lowest BCUT2D eigenvalue weighted by Gasteiger charge is -2.08. The molecule has 92 valence electrons. The molecular weight excluding hydrogens is 232 g/mol. The Kier molecular flexibility index (Phi) is 2.72. The zero-order valence-corrected chi connectivity index (χ0v) is 9.68. The van der Waals surface area contributed by atoms with Crippen LogP contribution in [0.5, 0.6) is 11.5 Å². The van der Waals surface area contributed by atoms with Crippen LogP contribution in [0.25, 0.3) is 11.3 Å². The van der Waals surface area contributed by atoms with Gasteiger partial charge in [-0.05, 0) is 18.2 Å². The number of aromatic amines is 1. The average molecular weight is 244 g/mol. The molecular formula is C13H12N2O3. The summed E-state index contributed by atoms with van der Waals surface area (Å²) in [4.78, 5) is 17.8. The third kappa shape index (κ3) is 1.84. The van der Waals surface area contributed by atoms with E-state index in [0.717, 1.165) is 24.0 Å². The molecule has 0 fully saturated rings. The second-order valence-electron chi connectivity index (χ2n) is 3.99. The number of hydrogen-bond acceptors (Lipinski definition) is 4. The van der Waals surface area contributed by atoms with E-state index in [0.29, 0.717) is 30.4 Å². The van der Waals surface area contributed by atoms with E-state index >= 15 is 0 Å². The first kappa shape index (κ1) is 10.8. The van der Waals surface area contributed by atoms with Crippen molar-refractivity contribution in [2.75, 3.05) is 13.2 Å². The maximum Gasteiger partial charge on any atom is 0.168 e. The lowest BCUT2D eigenvalue weighted by molar-refractivity contribution is 0.112. The summed E-state index contributed by atoms with van der Waals surface area (Å²) in [5.74, 6) is 1.43. The normalized spacial score (nSPS) is 14.0. The number of aldehydes is 1. The summed E-state index contributed by atoms with van der Waals surface area (Å²) in [5, 5.41) is 0. The number of ether oxygens (including phenoxy) is 2. The Morgan fingerprint density at radius 1 is 1.22 bits per heavy atom. The van der Waals surface area contributed by atoms with Crippen molar-refractivity contribution >= 4 is 6.29 Å². The number of hydrogen-bond donors (Lipinski definition) is 1. The van der Waals surface area contributed by atoms with Crippen molar-refractivity contribution in [1.82, 2.24) is 9.97 Å². The van der Waals surface area contributed by atoms with Gasteiger partial charge in [0.1, 0.15) is 5.69 Å². The lowest BCUT2D eigenvalue weighted by atomic mass is 10.1. The number of aromatic nitrogens is 2. The van der Waals surface area contributed by atoms with Crippen molar-refractivity contribution < 1.29 is 14.3 Å². The first-order valence-corrected chi connectivity index (χ1v) is 5.77. The highest BCUT2D eigenvalue weighted by molar-refractivity contribution is 5.83. The van der Waals surface area contributed by atoms with Crippen LogP contribution in [0, 0.1) is 0 Å². The number of carbonyl (C=O) groups excluding carboxylic acids is 1. The summed E-state index contributed by atoms with van der Waals surface area (Å²) in [6, 6.07) is 5.57. The molecule has 0 unspecified atom stereocenters. The van der Waals surface area contributed by atoms with Gasteiger partial charge in [-0.15, -0.1) is 0 Å². The summed E-state index contributed by atoms with van der Waals surface area (Å²) >= 11 is 0. The number of rotatable bonds is 2. The van der Waals surface area contributed by atoms with Gasteiger partial charge in [0, 0.05) is 12.0 Å². The number of nitrogens with zero attached hydrogens (tertiary/aromatic N) is 1. The van der Waals surface area contributed by atoms with Crippen LogP contribution in [0.15, 0.2) is 24.5 Å². The molecule has 5 nitrogen and oxygen atoms in total. The predicted molar refractivity (Wildman–Crippen MR) is 65.0 cm³/mol. The number of carbonyl (C=O) groups is 1. The zero-order chi connectivity index (χ0) is 12.4. The van der Waals surface area contributed by atoms with Crippen molar-refractivity contribution in [3.8, 4) is 22.8 Å². The zero-order valence-electron chi connectivity index (χ0n) is 9.68. The topological polar surface area (TPSA) is 64.2 Å². The van der Waals surface area contributed by atoms with E-state index in [1.54, 1.807) is 0 Å². The Hall–Kier alpha value is -2.30. The van der Waals surface area contributed by atoms with E-state index in [4.69, 9.17) is 9.47 Å². The smallest absolute Gasteiger partial charge is 0.168 e. The first-order valence-electron chi connectivity index (χ1n) is 5.77. The molecule has 0 saturated carbocycles. The molecule has 18 heavy (non-hydrogen) atoms. The largest absolute Gasteiger partial charge is 0.490 e. The molecule has 2 heterocycles. The van der Waals surface area contributed by atoms with Crippen molar-refractivity contribution in [1.29, 1.82) is 0 Å². The number of nitrogens with one attached hydrogen (secondary N) is 1. The third-order valence-corrected chi connectivity index (χ3v) is 2.81. The molecule has 1 aliphatic heterocycles. The van der Waals surface area contributed by atoms with Gasteiger partial charge in [0.2, 0.25) is 0 Å². The maximum absolute atomic E-state index is 10.9. The lowest BCUT2D eigenvalue weighted by Crippen LogP contribution is -1.97. The fourth-order valence-corrected chi connectivity index (χ4v) is 1.93. The highest BCUT2D eigenvalue weighted by Crippen LogP contribution is 2.34. The van der Waals surface area contributed by atoms with Crippen LogP contribution in [0.4, 0.5) is 0 Å². The molecule has 0 spiro atoms. The highest BCUT2D eigenvalue weighted by Gasteiger charge is 2.14. The molecule has 1 aliphatic rings. The van der Waals surface area contributed by atoms with Gasteiger partial charge in [0.05, 0.1) is 25.2 Å². The van der Waals surface area contributed by atoms with Gasteiger partial charge in [-0.25, -0.2) is 4.98 Å². The van der Waals surface area contributed by atoms with Gasteiger partial charge in [-0.2, -0.15) is 0 Å². The third-order valence-electron chi connectivity index (χ3n) is 2.81. The summed E-state index contributed by atoms with van der Waals surface area (Å²) in [7, 11) is 0. The molecule has 2 aromatic rings. The van der Waals surface area contributed by atoms with Crippen LogP contribution in [0.1, 0.15) is 16.9 Å². The number of imidazole rings is 1. The van der Waals surface area contributed by atoms with E-state index in [1.165, 1.54) is 6.33 Å². The predicted octanol–water partition coefficient (Wildman–Crippen LogP) is 2.05. The van der Waals surface area contributed by atoms with E-state index in [-0.39, 0.29) is 0 Å². The minimum atomic E-state index is 0.462. The highest BCUT2D eigenvalue weighted by atomic mass is 16.5. The maximum atomic E-state index is 10.9. The summed E-state index contributed by atoms with van der Waals surface area (Å²) in [6.45, 7) is 1.30. The molecule has 0 saturated heterocycles. The minimum absolute atomic E-state index is 0.462. The van der Waals surface area contributed by atoms with E-state index < -0.39 is 0 Å². The molecule has 0 bridgehead atoms. The second kappa shape index (κ2) is 4.52. The molecule has 0 atom stereocenters. The average Bonchev–Trinajstić information content (AvgIpc) is 2.76. The fourth-order valence-electron chi connectivity index (χ4n) is 1.93. The van der Waals surface area contributed by atoms with Gasteiger partial charge in [-0.3, -0.25) is 4.79 Å². The molecule has 3 rings (SSSR count). The number of benzene rings is 1. The van der Waals surface area contributed by atoms with Crippen molar-refractivity contribution in [3.63, 3.8) is 0 Å². The SMILES string of the molecule is O=Cc1[nH]cnc1-c1ccc2c(c1)OCCCO2. The van der Waals surface area contributed by atoms with Gasteiger partial charge in [0.15, 0.2) is 17.8 Å². The Balaban J connectivity index is 2.04. The van der Waals surface area contributed by atoms with Crippen LogP contribution < -0.4 is 9.47 Å². The van der Waals surface area contributed by atoms with E-state index in [1.807, 2.05) is 18.2 Å². The van der Waals surface area contributed by atoms with Crippen LogP contribution in [-0.2, 0) is 0 Å². The Morgan fingerprint density at radius 3 is 2.89 bits per heavy atom.